The summed E-state index contributed by atoms with van der Waals surface area (Å²) >= 11 is 0. The van der Waals surface area contributed by atoms with Gasteiger partial charge in [0.15, 0.2) is 0 Å². The van der Waals surface area contributed by atoms with Crippen LogP contribution in [-0.4, -0.2) is 25.4 Å². The Labute approximate surface area is 113 Å². The first-order chi connectivity index (χ1) is 8.07. The standard InChI is InChI=1S/C16H30O2/c1-13(2)11-18-16(7,8)9-10-17-12-15(5,6)14(3)4/h1,3,9-12H2,2,4-8H3. The van der Waals surface area contributed by atoms with E-state index >= 15 is 0 Å². The van der Waals surface area contributed by atoms with Crippen molar-refractivity contribution in [3.05, 3.63) is 24.3 Å². The molecular formula is C16H30O2. The molecule has 0 spiro atoms. The monoisotopic (exact) mass is 254 g/mol. The molecule has 0 aromatic heterocycles. The van der Waals surface area contributed by atoms with Crippen molar-refractivity contribution < 1.29 is 9.47 Å². The molecule has 0 amide bonds. The Balaban J connectivity index is 3.90. The minimum atomic E-state index is -0.160. The van der Waals surface area contributed by atoms with E-state index < -0.39 is 0 Å². The van der Waals surface area contributed by atoms with Crippen LogP contribution in [0, 0.1) is 5.41 Å². The molecule has 0 saturated heterocycles. The first kappa shape index (κ1) is 17.4. The molecule has 0 radical (unpaired) electrons. The Kier molecular flexibility index (Phi) is 6.87. The summed E-state index contributed by atoms with van der Waals surface area (Å²) in [6.07, 6.45) is 0.881. The van der Waals surface area contributed by atoms with Crippen LogP contribution >= 0.6 is 0 Å². The molecule has 0 N–H and O–H groups in total. The van der Waals surface area contributed by atoms with E-state index in [2.05, 4.69) is 40.9 Å². The summed E-state index contributed by atoms with van der Waals surface area (Å²) in [5.41, 5.74) is 2.09. The molecule has 0 aliphatic carbocycles. The molecule has 0 aromatic rings. The molecule has 0 atom stereocenters. The van der Waals surface area contributed by atoms with Gasteiger partial charge in [0.25, 0.3) is 0 Å². The largest absolute Gasteiger partial charge is 0.380 e. The molecule has 18 heavy (non-hydrogen) atoms. The summed E-state index contributed by atoms with van der Waals surface area (Å²) in [4.78, 5) is 0. The van der Waals surface area contributed by atoms with Gasteiger partial charge in [-0.05, 0) is 34.1 Å². The highest BCUT2D eigenvalue weighted by atomic mass is 16.5. The van der Waals surface area contributed by atoms with Crippen LogP contribution in [0.3, 0.4) is 0 Å². The van der Waals surface area contributed by atoms with E-state index in [1.165, 1.54) is 0 Å². The molecular weight excluding hydrogens is 224 g/mol. The SMILES string of the molecule is C=C(C)COC(C)(C)CCOCC(C)(C)C(=C)C. The summed E-state index contributed by atoms with van der Waals surface area (Å²) < 4.78 is 11.5. The maximum absolute atomic E-state index is 5.77. The average Bonchev–Trinajstić information content (AvgIpc) is 2.22. The smallest absolute Gasteiger partial charge is 0.0678 e. The second kappa shape index (κ2) is 7.10. The van der Waals surface area contributed by atoms with E-state index in [9.17, 15) is 0 Å². The molecule has 0 heterocycles. The number of hydrogen-bond acceptors (Lipinski definition) is 2. The Hall–Kier alpha value is -0.600. The van der Waals surface area contributed by atoms with Gasteiger partial charge in [-0.2, -0.15) is 0 Å². The first-order valence-corrected chi connectivity index (χ1v) is 6.59. The van der Waals surface area contributed by atoms with Crippen molar-refractivity contribution >= 4 is 0 Å². The number of rotatable bonds is 9. The van der Waals surface area contributed by atoms with Crippen LogP contribution < -0.4 is 0 Å². The predicted molar refractivity (Wildman–Crippen MR) is 78.9 cm³/mol. The molecule has 0 aliphatic rings. The van der Waals surface area contributed by atoms with Crippen LogP contribution in [0.2, 0.25) is 0 Å². The van der Waals surface area contributed by atoms with Crippen LogP contribution in [0.5, 0.6) is 0 Å². The third-order valence-electron chi connectivity index (χ3n) is 3.18. The lowest BCUT2D eigenvalue weighted by atomic mass is 9.87. The number of hydrogen-bond donors (Lipinski definition) is 0. The van der Waals surface area contributed by atoms with Crippen molar-refractivity contribution in [2.24, 2.45) is 5.41 Å². The fourth-order valence-corrected chi connectivity index (χ4v) is 1.16. The minimum Gasteiger partial charge on any atom is -0.380 e. The van der Waals surface area contributed by atoms with Gasteiger partial charge in [-0.1, -0.05) is 38.2 Å². The Morgan fingerprint density at radius 3 is 2.06 bits per heavy atom. The summed E-state index contributed by atoms with van der Waals surface area (Å²) in [6, 6.07) is 0. The van der Waals surface area contributed by atoms with E-state index in [-0.39, 0.29) is 11.0 Å². The lowest BCUT2D eigenvalue weighted by Gasteiger charge is -2.28. The third kappa shape index (κ3) is 7.67. The van der Waals surface area contributed by atoms with Crippen molar-refractivity contribution in [2.45, 2.75) is 53.6 Å². The third-order valence-corrected chi connectivity index (χ3v) is 3.18. The molecule has 0 rings (SSSR count). The quantitative estimate of drug-likeness (QED) is 0.449. The van der Waals surface area contributed by atoms with Gasteiger partial charge in [-0.25, -0.2) is 0 Å². The summed E-state index contributed by atoms with van der Waals surface area (Å²) in [5, 5.41) is 0. The summed E-state index contributed by atoms with van der Waals surface area (Å²) in [5.74, 6) is 0. The van der Waals surface area contributed by atoms with E-state index in [4.69, 9.17) is 9.47 Å². The van der Waals surface area contributed by atoms with Crippen LogP contribution in [0.15, 0.2) is 24.3 Å². The van der Waals surface area contributed by atoms with Crippen molar-refractivity contribution in [3.8, 4) is 0 Å². The van der Waals surface area contributed by atoms with E-state index in [0.717, 1.165) is 17.6 Å². The van der Waals surface area contributed by atoms with Crippen LogP contribution in [0.25, 0.3) is 0 Å². The fraction of sp³-hybridized carbons (Fsp3) is 0.750. The van der Waals surface area contributed by atoms with Gasteiger partial charge >= 0.3 is 0 Å². The van der Waals surface area contributed by atoms with Crippen molar-refractivity contribution in [1.82, 2.24) is 0 Å². The maximum Gasteiger partial charge on any atom is 0.0678 e. The second-order valence-electron chi connectivity index (χ2n) is 6.47. The van der Waals surface area contributed by atoms with E-state index in [0.29, 0.717) is 19.8 Å². The Morgan fingerprint density at radius 1 is 1.06 bits per heavy atom. The lowest BCUT2D eigenvalue weighted by Crippen LogP contribution is -2.28. The zero-order valence-electron chi connectivity index (χ0n) is 13.1. The van der Waals surface area contributed by atoms with Crippen molar-refractivity contribution in [3.63, 3.8) is 0 Å². The molecule has 0 aliphatic heterocycles. The van der Waals surface area contributed by atoms with Gasteiger partial charge < -0.3 is 9.47 Å². The van der Waals surface area contributed by atoms with Gasteiger partial charge in [-0.15, -0.1) is 0 Å². The Morgan fingerprint density at radius 2 is 1.61 bits per heavy atom. The summed E-state index contributed by atoms with van der Waals surface area (Å²) in [7, 11) is 0. The van der Waals surface area contributed by atoms with Gasteiger partial charge in [-0.3, -0.25) is 0 Å². The van der Waals surface area contributed by atoms with Crippen molar-refractivity contribution in [2.75, 3.05) is 19.8 Å². The first-order valence-electron chi connectivity index (χ1n) is 6.59. The molecule has 2 heteroatoms. The van der Waals surface area contributed by atoms with Crippen LogP contribution in [-0.2, 0) is 9.47 Å². The second-order valence-corrected chi connectivity index (χ2v) is 6.47. The molecule has 0 saturated carbocycles. The van der Waals surface area contributed by atoms with Gasteiger partial charge in [0.2, 0.25) is 0 Å². The van der Waals surface area contributed by atoms with Crippen LogP contribution in [0.4, 0.5) is 0 Å². The fourth-order valence-electron chi connectivity index (χ4n) is 1.16. The van der Waals surface area contributed by atoms with Gasteiger partial charge in [0.05, 0.1) is 18.8 Å². The molecule has 106 valence electrons. The molecule has 2 nitrogen and oxygen atoms in total. The van der Waals surface area contributed by atoms with E-state index in [1.54, 1.807) is 0 Å². The highest BCUT2D eigenvalue weighted by molar-refractivity contribution is 5.02. The van der Waals surface area contributed by atoms with Gasteiger partial charge in [0, 0.05) is 12.0 Å². The zero-order chi connectivity index (χ0) is 14.4. The van der Waals surface area contributed by atoms with Gasteiger partial charge in [0.1, 0.15) is 0 Å². The maximum atomic E-state index is 5.77. The highest BCUT2D eigenvalue weighted by Gasteiger charge is 2.21. The Bertz CT molecular complexity index is 287. The average molecular weight is 254 g/mol. The molecule has 0 aromatic carbocycles. The zero-order valence-corrected chi connectivity index (χ0v) is 13.1. The summed E-state index contributed by atoms with van der Waals surface area (Å²) in [6.45, 7) is 22.4. The topological polar surface area (TPSA) is 18.5 Å². The van der Waals surface area contributed by atoms with Crippen molar-refractivity contribution in [1.29, 1.82) is 0 Å². The van der Waals surface area contributed by atoms with E-state index in [1.807, 2.05) is 13.8 Å². The highest BCUT2D eigenvalue weighted by Crippen LogP contribution is 2.25. The molecule has 0 bridgehead atoms. The molecule has 0 fully saturated rings. The predicted octanol–water partition coefficient (Wildman–Crippen LogP) is 4.37. The molecule has 0 unspecified atom stereocenters. The van der Waals surface area contributed by atoms with Crippen LogP contribution in [0.1, 0.15) is 48.0 Å². The minimum absolute atomic E-state index is 0.0443. The normalized spacial score (nSPS) is 12.6. The lowest BCUT2D eigenvalue weighted by molar-refractivity contribution is -0.0359. The number of ether oxygens (including phenoxy) is 2.